The van der Waals surface area contributed by atoms with Crippen LogP contribution in [-0.2, 0) is 11.3 Å². The van der Waals surface area contributed by atoms with Crippen LogP contribution >= 0.6 is 0 Å². The summed E-state index contributed by atoms with van der Waals surface area (Å²) in [4.78, 5) is 17.9. The molecule has 1 aromatic carbocycles. The molecule has 0 bridgehead atoms. The van der Waals surface area contributed by atoms with Gasteiger partial charge >= 0.3 is 5.97 Å². The number of methoxy groups -OCH3 is 1. The van der Waals surface area contributed by atoms with E-state index in [0.29, 0.717) is 23.6 Å². The number of ether oxygens (including phenoxy) is 1. The maximum atomic E-state index is 11.8. The lowest BCUT2D eigenvalue weighted by Crippen LogP contribution is -2.21. The van der Waals surface area contributed by atoms with Gasteiger partial charge in [0.05, 0.1) is 19.0 Å². The maximum absolute atomic E-state index is 11.8. The summed E-state index contributed by atoms with van der Waals surface area (Å²) in [6.07, 6.45) is 1.53. The van der Waals surface area contributed by atoms with Crippen molar-refractivity contribution in [1.29, 1.82) is 0 Å². The van der Waals surface area contributed by atoms with Crippen molar-refractivity contribution in [2.75, 3.05) is 24.8 Å². The van der Waals surface area contributed by atoms with Crippen LogP contribution in [0, 0.1) is 0 Å². The van der Waals surface area contributed by atoms with E-state index in [1.807, 2.05) is 42.3 Å². The van der Waals surface area contributed by atoms with E-state index in [1.165, 1.54) is 13.3 Å². The number of carbonyl (C=O) groups excluding carboxylic acids is 1. The van der Waals surface area contributed by atoms with Gasteiger partial charge in [-0.1, -0.05) is 30.3 Å². The van der Waals surface area contributed by atoms with Crippen LogP contribution in [-0.4, -0.2) is 25.1 Å². The van der Waals surface area contributed by atoms with Crippen molar-refractivity contribution >= 4 is 17.5 Å². The van der Waals surface area contributed by atoms with Crippen molar-refractivity contribution in [3.63, 3.8) is 0 Å². The van der Waals surface area contributed by atoms with E-state index in [9.17, 15) is 4.79 Å². The number of hydrogen-bond acceptors (Lipinski definition) is 5. The quantitative estimate of drug-likeness (QED) is 0.862. The third kappa shape index (κ3) is 3.06. The molecule has 0 saturated heterocycles. The lowest BCUT2D eigenvalue weighted by atomic mass is 10.2. The number of nitrogens with two attached hydrogens (primary N) is 1. The SMILES string of the molecule is COC(=O)c1cc(N)cnc1N(C)Cc1ccccc1. The molecular formula is C15H17N3O2. The van der Waals surface area contributed by atoms with E-state index in [1.54, 1.807) is 6.07 Å². The first kappa shape index (κ1) is 13.9. The second-order valence-corrected chi connectivity index (χ2v) is 4.47. The van der Waals surface area contributed by atoms with Gasteiger partial charge in [0.25, 0.3) is 0 Å². The van der Waals surface area contributed by atoms with E-state index in [-0.39, 0.29) is 0 Å². The lowest BCUT2D eigenvalue weighted by molar-refractivity contribution is 0.0601. The van der Waals surface area contributed by atoms with Crippen molar-refractivity contribution in [3.8, 4) is 0 Å². The average molecular weight is 271 g/mol. The molecule has 0 fully saturated rings. The number of hydrogen-bond donors (Lipinski definition) is 1. The third-order valence-electron chi connectivity index (χ3n) is 2.92. The first-order valence-corrected chi connectivity index (χ1v) is 6.20. The second kappa shape index (κ2) is 6.06. The molecule has 0 saturated carbocycles. The fraction of sp³-hybridized carbons (Fsp3) is 0.200. The molecule has 2 aromatic rings. The summed E-state index contributed by atoms with van der Waals surface area (Å²) in [5.41, 5.74) is 7.61. The standard InChI is InChI=1S/C15H17N3O2/c1-18(10-11-6-4-3-5-7-11)14-13(15(19)20-2)8-12(16)9-17-14/h3-9H,10,16H2,1-2H3. The third-order valence-corrected chi connectivity index (χ3v) is 2.92. The highest BCUT2D eigenvalue weighted by Gasteiger charge is 2.17. The molecular weight excluding hydrogens is 254 g/mol. The Balaban J connectivity index is 2.29. The number of pyridine rings is 1. The monoisotopic (exact) mass is 271 g/mol. The van der Waals surface area contributed by atoms with Gasteiger partial charge in [-0.2, -0.15) is 0 Å². The molecule has 1 aromatic heterocycles. The predicted molar refractivity (Wildman–Crippen MR) is 78.5 cm³/mol. The van der Waals surface area contributed by atoms with Gasteiger partial charge in [-0.05, 0) is 11.6 Å². The Bertz CT molecular complexity index is 599. The lowest BCUT2D eigenvalue weighted by Gasteiger charge is -2.20. The van der Waals surface area contributed by atoms with Crippen molar-refractivity contribution in [3.05, 3.63) is 53.7 Å². The van der Waals surface area contributed by atoms with Crippen LogP contribution in [0.1, 0.15) is 15.9 Å². The minimum absolute atomic E-state index is 0.367. The van der Waals surface area contributed by atoms with Crippen molar-refractivity contribution in [1.82, 2.24) is 4.98 Å². The highest BCUT2D eigenvalue weighted by atomic mass is 16.5. The maximum Gasteiger partial charge on any atom is 0.341 e. The summed E-state index contributed by atoms with van der Waals surface area (Å²) in [5, 5.41) is 0. The number of anilines is 2. The molecule has 5 heteroatoms. The van der Waals surface area contributed by atoms with E-state index in [0.717, 1.165) is 5.56 Å². The summed E-state index contributed by atoms with van der Waals surface area (Å²) in [7, 11) is 3.21. The zero-order valence-corrected chi connectivity index (χ0v) is 11.5. The Morgan fingerprint density at radius 1 is 1.35 bits per heavy atom. The van der Waals surface area contributed by atoms with Crippen LogP contribution in [0.5, 0.6) is 0 Å². The molecule has 1 heterocycles. The Kier molecular flexibility index (Phi) is 4.20. The van der Waals surface area contributed by atoms with Gasteiger partial charge < -0.3 is 15.4 Å². The molecule has 0 aliphatic heterocycles. The zero-order valence-electron chi connectivity index (χ0n) is 11.5. The normalized spacial score (nSPS) is 10.1. The van der Waals surface area contributed by atoms with Gasteiger partial charge in [-0.3, -0.25) is 0 Å². The van der Waals surface area contributed by atoms with Crippen molar-refractivity contribution < 1.29 is 9.53 Å². The molecule has 0 aliphatic rings. The number of benzene rings is 1. The van der Waals surface area contributed by atoms with Crippen LogP contribution in [0.4, 0.5) is 11.5 Å². The molecule has 5 nitrogen and oxygen atoms in total. The molecule has 0 aliphatic carbocycles. The van der Waals surface area contributed by atoms with E-state index in [2.05, 4.69) is 4.98 Å². The first-order chi connectivity index (χ1) is 9.61. The fourth-order valence-corrected chi connectivity index (χ4v) is 1.97. The highest BCUT2D eigenvalue weighted by Crippen LogP contribution is 2.21. The number of carbonyl (C=O) groups is 1. The van der Waals surface area contributed by atoms with Crippen LogP contribution < -0.4 is 10.6 Å². The van der Waals surface area contributed by atoms with E-state index in [4.69, 9.17) is 10.5 Å². The summed E-state index contributed by atoms with van der Waals surface area (Å²) in [6.45, 7) is 0.641. The van der Waals surface area contributed by atoms with Gasteiger partial charge in [-0.15, -0.1) is 0 Å². The fourth-order valence-electron chi connectivity index (χ4n) is 1.97. The minimum Gasteiger partial charge on any atom is -0.465 e. The van der Waals surface area contributed by atoms with Crippen LogP contribution in [0.15, 0.2) is 42.6 Å². The second-order valence-electron chi connectivity index (χ2n) is 4.47. The van der Waals surface area contributed by atoms with Crippen molar-refractivity contribution in [2.45, 2.75) is 6.54 Å². The molecule has 0 amide bonds. The van der Waals surface area contributed by atoms with Crippen molar-refractivity contribution in [2.24, 2.45) is 0 Å². The topological polar surface area (TPSA) is 68.5 Å². The Hall–Kier alpha value is -2.56. The Labute approximate surface area is 118 Å². The predicted octanol–water partition coefficient (Wildman–Crippen LogP) is 2.09. The van der Waals surface area contributed by atoms with E-state index < -0.39 is 5.97 Å². The number of esters is 1. The summed E-state index contributed by atoms with van der Waals surface area (Å²) < 4.78 is 4.77. The van der Waals surface area contributed by atoms with Gasteiger partial charge in [0.15, 0.2) is 0 Å². The van der Waals surface area contributed by atoms with Gasteiger partial charge in [0.1, 0.15) is 11.4 Å². The molecule has 104 valence electrons. The molecule has 2 rings (SSSR count). The molecule has 0 spiro atoms. The zero-order chi connectivity index (χ0) is 14.5. The van der Waals surface area contributed by atoms with Gasteiger partial charge in [0.2, 0.25) is 0 Å². The number of nitrogen functional groups attached to an aromatic ring is 1. The summed E-state index contributed by atoms with van der Waals surface area (Å²) in [6, 6.07) is 11.5. The number of aromatic nitrogens is 1. The van der Waals surface area contributed by atoms with Crippen LogP contribution in [0.2, 0.25) is 0 Å². The molecule has 20 heavy (non-hydrogen) atoms. The Morgan fingerprint density at radius 2 is 2.05 bits per heavy atom. The summed E-state index contributed by atoms with van der Waals surface area (Å²) >= 11 is 0. The number of rotatable bonds is 4. The molecule has 2 N–H and O–H groups in total. The largest absolute Gasteiger partial charge is 0.465 e. The van der Waals surface area contributed by atoms with Gasteiger partial charge in [0, 0.05) is 13.6 Å². The molecule has 0 radical (unpaired) electrons. The highest BCUT2D eigenvalue weighted by molar-refractivity contribution is 5.95. The molecule has 0 unspecified atom stereocenters. The van der Waals surface area contributed by atoms with Crippen LogP contribution in [0.25, 0.3) is 0 Å². The summed E-state index contributed by atoms with van der Waals surface area (Å²) in [5.74, 6) is 0.106. The number of nitrogens with zero attached hydrogens (tertiary/aromatic N) is 2. The first-order valence-electron chi connectivity index (χ1n) is 6.20. The average Bonchev–Trinajstić information content (AvgIpc) is 2.47. The van der Waals surface area contributed by atoms with Crippen LogP contribution in [0.3, 0.4) is 0 Å². The Morgan fingerprint density at radius 3 is 2.70 bits per heavy atom. The van der Waals surface area contributed by atoms with Gasteiger partial charge in [-0.25, -0.2) is 9.78 Å². The minimum atomic E-state index is -0.445. The van der Waals surface area contributed by atoms with E-state index >= 15 is 0 Å². The molecule has 0 atom stereocenters. The smallest absolute Gasteiger partial charge is 0.341 e.